The molecule has 5 atom stereocenters. The van der Waals surface area contributed by atoms with Gasteiger partial charge in [0.05, 0.1) is 6.61 Å². The van der Waals surface area contributed by atoms with E-state index in [0.717, 1.165) is 5.56 Å². The lowest BCUT2D eigenvalue weighted by Crippen LogP contribution is -2.60. The predicted molar refractivity (Wildman–Crippen MR) is 103 cm³/mol. The Morgan fingerprint density at radius 2 is 1.73 bits per heavy atom. The molecule has 1 aliphatic heterocycles. The van der Waals surface area contributed by atoms with Gasteiger partial charge in [-0.25, -0.2) is 0 Å². The van der Waals surface area contributed by atoms with E-state index in [1.165, 1.54) is 30.3 Å². The number of aromatic hydroxyl groups is 2. The van der Waals surface area contributed by atoms with Crippen LogP contribution in [0.5, 0.6) is 17.2 Å². The van der Waals surface area contributed by atoms with Crippen LogP contribution in [-0.2, 0) is 11.2 Å². The molecule has 0 aliphatic carbocycles. The summed E-state index contributed by atoms with van der Waals surface area (Å²) in [5.74, 6) is -0.789. The number of rotatable bonds is 7. The second-order valence-corrected chi connectivity index (χ2v) is 7.06. The molecule has 1 saturated heterocycles. The first-order valence-electron chi connectivity index (χ1n) is 9.42. The number of hydrogen-bond acceptors (Lipinski definition) is 9. The Bertz CT molecular complexity index is 883. The van der Waals surface area contributed by atoms with E-state index in [1.807, 2.05) is 0 Å². The SMILES string of the molecule is O=C(CCc1cccc(O)c1)c1c(O)cccc1O[C@@H]1O[C@H](CO)[C@@H](O)[C@H](O)[C@H]1O. The highest BCUT2D eigenvalue weighted by Crippen LogP contribution is 2.32. The van der Waals surface area contributed by atoms with Gasteiger partial charge >= 0.3 is 0 Å². The van der Waals surface area contributed by atoms with Crippen molar-refractivity contribution in [3.05, 3.63) is 53.6 Å². The van der Waals surface area contributed by atoms with Crippen molar-refractivity contribution >= 4 is 5.78 Å². The lowest BCUT2D eigenvalue weighted by molar-refractivity contribution is -0.277. The topological polar surface area (TPSA) is 157 Å². The lowest BCUT2D eigenvalue weighted by Gasteiger charge is -2.39. The normalized spacial score (nSPS) is 26.3. The highest BCUT2D eigenvalue weighted by molar-refractivity contribution is 6.01. The highest BCUT2D eigenvalue weighted by Gasteiger charge is 2.45. The number of phenols is 2. The molecule has 0 saturated carbocycles. The molecule has 2 aromatic carbocycles. The number of phenolic OH excluding ortho intramolecular Hbond substituents is 2. The van der Waals surface area contributed by atoms with Crippen molar-refractivity contribution in [2.24, 2.45) is 0 Å². The smallest absolute Gasteiger partial charge is 0.229 e. The Labute approximate surface area is 172 Å². The fourth-order valence-electron chi connectivity index (χ4n) is 3.28. The standard InChI is InChI=1S/C21H24O9/c22-10-16-18(26)19(27)20(28)21(30-16)29-15-6-2-5-13(24)17(15)14(25)8-7-11-3-1-4-12(23)9-11/h1-6,9,16,18-24,26-28H,7-8,10H2/t16-,18-,19+,20-,21-/m1/s1. The van der Waals surface area contributed by atoms with Crippen molar-refractivity contribution in [2.75, 3.05) is 6.61 Å². The number of hydrogen-bond donors (Lipinski definition) is 6. The molecule has 0 unspecified atom stereocenters. The quantitative estimate of drug-likeness (QED) is 0.342. The third kappa shape index (κ3) is 4.72. The van der Waals surface area contributed by atoms with Gasteiger partial charge in [-0.15, -0.1) is 0 Å². The summed E-state index contributed by atoms with van der Waals surface area (Å²) in [7, 11) is 0. The van der Waals surface area contributed by atoms with Gasteiger partial charge in [0.25, 0.3) is 0 Å². The molecule has 0 radical (unpaired) electrons. The van der Waals surface area contributed by atoms with Gasteiger partial charge in [0.2, 0.25) is 6.29 Å². The van der Waals surface area contributed by atoms with Crippen LogP contribution in [-0.4, -0.2) is 73.7 Å². The third-order valence-electron chi connectivity index (χ3n) is 4.93. The first-order chi connectivity index (χ1) is 14.3. The number of aryl methyl sites for hydroxylation is 1. The molecule has 6 N–H and O–H groups in total. The van der Waals surface area contributed by atoms with E-state index in [4.69, 9.17) is 9.47 Å². The number of benzene rings is 2. The summed E-state index contributed by atoms with van der Waals surface area (Å²) in [4.78, 5) is 12.8. The summed E-state index contributed by atoms with van der Waals surface area (Å²) >= 11 is 0. The minimum absolute atomic E-state index is 0.00602. The zero-order valence-corrected chi connectivity index (χ0v) is 16.0. The molecule has 0 bridgehead atoms. The fourth-order valence-corrected chi connectivity index (χ4v) is 3.28. The molecule has 0 spiro atoms. The van der Waals surface area contributed by atoms with Gasteiger partial charge in [-0.05, 0) is 36.2 Å². The number of ether oxygens (including phenoxy) is 2. The Kier molecular flexibility index (Phi) is 6.91. The van der Waals surface area contributed by atoms with E-state index in [9.17, 15) is 35.4 Å². The number of aliphatic hydroxyl groups is 4. The molecule has 1 aliphatic rings. The van der Waals surface area contributed by atoms with Crippen LogP contribution in [0.3, 0.4) is 0 Å². The Balaban J connectivity index is 1.78. The molecule has 30 heavy (non-hydrogen) atoms. The van der Waals surface area contributed by atoms with Crippen LogP contribution in [0.25, 0.3) is 0 Å². The molecule has 9 nitrogen and oxygen atoms in total. The summed E-state index contributed by atoms with van der Waals surface area (Å²) in [5, 5.41) is 59.0. The van der Waals surface area contributed by atoms with Gasteiger partial charge in [0.15, 0.2) is 5.78 Å². The third-order valence-corrected chi connectivity index (χ3v) is 4.93. The van der Waals surface area contributed by atoms with Crippen LogP contribution in [0.1, 0.15) is 22.3 Å². The van der Waals surface area contributed by atoms with Crippen molar-refractivity contribution in [3.63, 3.8) is 0 Å². The van der Waals surface area contributed by atoms with Crippen LogP contribution < -0.4 is 4.74 Å². The van der Waals surface area contributed by atoms with Gasteiger partial charge < -0.3 is 40.1 Å². The summed E-state index contributed by atoms with van der Waals surface area (Å²) in [6, 6.07) is 10.6. The first kappa shape index (κ1) is 22.0. The van der Waals surface area contributed by atoms with Crippen molar-refractivity contribution in [1.82, 2.24) is 0 Å². The summed E-state index contributed by atoms with van der Waals surface area (Å²) in [5.41, 5.74) is 0.602. The Hall–Kier alpha value is -2.69. The molecule has 9 heteroatoms. The molecule has 2 aromatic rings. The monoisotopic (exact) mass is 420 g/mol. The van der Waals surface area contributed by atoms with Gasteiger partial charge in [-0.2, -0.15) is 0 Å². The number of Topliss-reactive ketones (excluding diaryl/α,β-unsaturated/α-hetero) is 1. The maximum Gasteiger partial charge on any atom is 0.229 e. The first-order valence-corrected chi connectivity index (χ1v) is 9.42. The molecular formula is C21H24O9. The second-order valence-electron chi connectivity index (χ2n) is 7.06. The lowest BCUT2D eigenvalue weighted by atomic mass is 9.99. The maximum absolute atomic E-state index is 12.8. The van der Waals surface area contributed by atoms with Gasteiger partial charge in [-0.1, -0.05) is 18.2 Å². The molecule has 0 aromatic heterocycles. The number of ketones is 1. The average molecular weight is 420 g/mol. The predicted octanol–water partition coefficient (Wildman–Crippen LogP) is 0.0920. The van der Waals surface area contributed by atoms with E-state index in [-0.39, 0.29) is 29.2 Å². The maximum atomic E-state index is 12.8. The van der Waals surface area contributed by atoms with E-state index in [0.29, 0.717) is 6.42 Å². The summed E-state index contributed by atoms with van der Waals surface area (Å²) in [6.45, 7) is -0.624. The van der Waals surface area contributed by atoms with Crippen LogP contribution >= 0.6 is 0 Å². The van der Waals surface area contributed by atoms with Crippen molar-refractivity contribution in [2.45, 2.75) is 43.5 Å². The van der Waals surface area contributed by atoms with E-state index >= 15 is 0 Å². The minimum atomic E-state index is -1.65. The van der Waals surface area contributed by atoms with E-state index in [1.54, 1.807) is 12.1 Å². The van der Waals surface area contributed by atoms with Crippen molar-refractivity contribution in [3.8, 4) is 17.2 Å². The number of carbonyl (C=O) groups excluding carboxylic acids is 1. The van der Waals surface area contributed by atoms with Crippen LogP contribution in [0.15, 0.2) is 42.5 Å². The van der Waals surface area contributed by atoms with Crippen molar-refractivity contribution < 1.29 is 44.9 Å². The number of aliphatic hydroxyl groups excluding tert-OH is 4. The zero-order chi connectivity index (χ0) is 21.8. The Morgan fingerprint density at radius 1 is 1.00 bits per heavy atom. The van der Waals surface area contributed by atoms with Crippen LogP contribution in [0.4, 0.5) is 0 Å². The number of carbonyl (C=O) groups is 1. The molecule has 3 rings (SSSR count). The second kappa shape index (κ2) is 9.41. The van der Waals surface area contributed by atoms with E-state index in [2.05, 4.69) is 0 Å². The van der Waals surface area contributed by atoms with Crippen LogP contribution in [0, 0.1) is 0 Å². The Morgan fingerprint density at radius 3 is 2.43 bits per heavy atom. The van der Waals surface area contributed by atoms with Gasteiger partial charge in [0, 0.05) is 6.42 Å². The van der Waals surface area contributed by atoms with Crippen LogP contribution in [0.2, 0.25) is 0 Å². The average Bonchev–Trinajstić information content (AvgIpc) is 2.72. The largest absolute Gasteiger partial charge is 0.508 e. The van der Waals surface area contributed by atoms with Crippen molar-refractivity contribution in [1.29, 1.82) is 0 Å². The highest BCUT2D eigenvalue weighted by atomic mass is 16.7. The molecule has 1 heterocycles. The minimum Gasteiger partial charge on any atom is -0.508 e. The molecule has 162 valence electrons. The molecular weight excluding hydrogens is 396 g/mol. The molecule has 0 amide bonds. The fraction of sp³-hybridized carbons (Fsp3) is 0.381. The van der Waals surface area contributed by atoms with Gasteiger partial charge in [0.1, 0.15) is 47.2 Å². The van der Waals surface area contributed by atoms with E-state index < -0.39 is 43.1 Å². The molecule has 1 fully saturated rings. The van der Waals surface area contributed by atoms with Gasteiger partial charge in [-0.3, -0.25) is 4.79 Å². The summed E-state index contributed by atoms with van der Waals surface area (Å²) in [6.07, 6.45) is -7.18. The zero-order valence-electron chi connectivity index (χ0n) is 16.0. The summed E-state index contributed by atoms with van der Waals surface area (Å²) < 4.78 is 10.8.